The molecule has 0 fully saturated rings. The van der Waals surface area contributed by atoms with Crippen molar-refractivity contribution in [3.63, 3.8) is 0 Å². The summed E-state index contributed by atoms with van der Waals surface area (Å²) in [6, 6.07) is 4.82. The maximum absolute atomic E-state index is 12.0. The number of hydrogen-bond acceptors (Lipinski definition) is 3. The lowest BCUT2D eigenvalue weighted by Crippen LogP contribution is -2.01. The van der Waals surface area contributed by atoms with Gasteiger partial charge in [0.2, 0.25) is 0 Å². The van der Waals surface area contributed by atoms with Crippen molar-refractivity contribution in [2.45, 2.75) is 26.4 Å². The minimum Gasteiger partial charge on any atom is -0.435 e. The van der Waals surface area contributed by atoms with E-state index < -0.39 is 6.61 Å². The molecular weight excluding hydrogens is 232 g/mol. The first-order valence-corrected chi connectivity index (χ1v) is 5.73. The normalized spacial score (nSPS) is 11.6. The summed E-state index contributed by atoms with van der Waals surface area (Å²) in [7, 11) is 0. The minimum absolute atomic E-state index is 0.182. The monoisotopic (exact) mass is 243 g/mol. The Morgan fingerprint density at radius 3 is 2.69 bits per heavy atom. The standard InChI is InChI=1S/C11H11F2NOS/c1-6(2)10-14-8-4-3-7(15-11(12)13)5-9(8)16-10/h3-6,11H,1-2H3. The SMILES string of the molecule is CC(C)c1nc2ccc(OC(F)F)cc2s1. The Morgan fingerprint density at radius 2 is 2.06 bits per heavy atom. The van der Waals surface area contributed by atoms with Crippen molar-refractivity contribution in [1.29, 1.82) is 0 Å². The molecule has 0 amide bonds. The molecule has 0 saturated carbocycles. The van der Waals surface area contributed by atoms with Crippen molar-refractivity contribution in [2.24, 2.45) is 0 Å². The lowest BCUT2D eigenvalue weighted by Gasteiger charge is -2.02. The smallest absolute Gasteiger partial charge is 0.387 e. The highest BCUT2D eigenvalue weighted by Crippen LogP contribution is 2.30. The van der Waals surface area contributed by atoms with Crippen LogP contribution in [0.15, 0.2) is 18.2 Å². The molecule has 0 aliphatic rings. The fraction of sp³-hybridized carbons (Fsp3) is 0.364. The fourth-order valence-corrected chi connectivity index (χ4v) is 2.34. The molecule has 1 aromatic carbocycles. The summed E-state index contributed by atoms with van der Waals surface area (Å²) in [5.41, 5.74) is 0.829. The van der Waals surface area contributed by atoms with Gasteiger partial charge in [-0.15, -0.1) is 11.3 Å². The van der Waals surface area contributed by atoms with Crippen molar-refractivity contribution >= 4 is 21.6 Å². The van der Waals surface area contributed by atoms with E-state index in [1.54, 1.807) is 12.1 Å². The lowest BCUT2D eigenvalue weighted by molar-refractivity contribution is -0.0497. The van der Waals surface area contributed by atoms with E-state index >= 15 is 0 Å². The first-order chi connectivity index (χ1) is 7.56. The summed E-state index contributed by atoms with van der Waals surface area (Å²) in [5.74, 6) is 0.526. The molecule has 1 heterocycles. The maximum atomic E-state index is 12.0. The molecule has 0 atom stereocenters. The van der Waals surface area contributed by atoms with E-state index in [2.05, 4.69) is 9.72 Å². The molecule has 0 N–H and O–H groups in total. The van der Waals surface area contributed by atoms with E-state index in [1.165, 1.54) is 17.4 Å². The van der Waals surface area contributed by atoms with Gasteiger partial charge < -0.3 is 4.74 Å². The van der Waals surface area contributed by atoms with Crippen LogP contribution in [0.5, 0.6) is 5.75 Å². The van der Waals surface area contributed by atoms with Crippen LogP contribution in [0, 0.1) is 0 Å². The van der Waals surface area contributed by atoms with E-state index in [1.807, 2.05) is 13.8 Å². The van der Waals surface area contributed by atoms with Crippen LogP contribution in [-0.4, -0.2) is 11.6 Å². The molecule has 86 valence electrons. The van der Waals surface area contributed by atoms with E-state index in [9.17, 15) is 8.78 Å². The summed E-state index contributed by atoms with van der Waals surface area (Å²) in [6.45, 7) is 1.32. The highest BCUT2D eigenvalue weighted by atomic mass is 32.1. The second-order valence-electron chi connectivity index (χ2n) is 3.71. The number of thiazole rings is 1. The third-order valence-electron chi connectivity index (χ3n) is 2.10. The fourth-order valence-electron chi connectivity index (χ4n) is 1.35. The summed E-state index contributed by atoms with van der Waals surface area (Å²) in [4.78, 5) is 4.41. The number of benzene rings is 1. The van der Waals surface area contributed by atoms with Crippen LogP contribution in [0.2, 0.25) is 0 Å². The largest absolute Gasteiger partial charge is 0.435 e. The zero-order valence-corrected chi connectivity index (χ0v) is 9.72. The van der Waals surface area contributed by atoms with Gasteiger partial charge in [-0.3, -0.25) is 0 Å². The van der Waals surface area contributed by atoms with E-state index in [4.69, 9.17) is 0 Å². The average molecular weight is 243 g/mol. The highest BCUT2D eigenvalue weighted by Gasteiger charge is 2.10. The molecular formula is C11H11F2NOS. The third kappa shape index (κ3) is 2.29. The molecule has 0 radical (unpaired) electrons. The molecule has 0 bridgehead atoms. The molecule has 0 spiro atoms. The molecule has 0 aliphatic carbocycles. The van der Waals surface area contributed by atoms with E-state index in [0.29, 0.717) is 5.92 Å². The van der Waals surface area contributed by atoms with E-state index in [0.717, 1.165) is 15.2 Å². The molecule has 1 aromatic heterocycles. The van der Waals surface area contributed by atoms with Crippen molar-refractivity contribution in [3.05, 3.63) is 23.2 Å². The van der Waals surface area contributed by atoms with Crippen LogP contribution in [0.1, 0.15) is 24.8 Å². The summed E-state index contributed by atoms with van der Waals surface area (Å²) >= 11 is 1.51. The Labute approximate surface area is 95.9 Å². The number of aromatic nitrogens is 1. The lowest BCUT2D eigenvalue weighted by atomic mass is 10.2. The quantitative estimate of drug-likeness (QED) is 0.812. The molecule has 16 heavy (non-hydrogen) atoms. The maximum Gasteiger partial charge on any atom is 0.387 e. The van der Waals surface area contributed by atoms with E-state index in [-0.39, 0.29) is 5.75 Å². The molecule has 0 aliphatic heterocycles. The van der Waals surface area contributed by atoms with Crippen LogP contribution < -0.4 is 4.74 Å². The molecule has 2 nitrogen and oxygen atoms in total. The Kier molecular flexibility index (Phi) is 3.05. The van der Waals surface area contributed by atoms with Gasteiger partial charge in [0, 0.05) is 5.92 Å². The molecule has 2 rings (SSSR count). The number of rotatable bonds is 3. The van der Waals surface area contributed by atoms with Crippen molar-refractivity contribution < 1.29 is 13.5 Å². The van der Waals surface area contributed by atoms with Crippen LogP contribution in [0.3, 0.4) is 0 Å². The molecule has 0 unspecified atom stereocenters. The third-order valence-corrected chi connectivity index (χ3v) is 3.41. The average Bonchev–Trinajstić information content (AvgIpc) is 2.59. The Morgan fingerprint density at radius 1 is 1.31 bits per heavy atom. The zero-order valence-electron chi connectivity index (χ0n) is 8.91. The number of hydrogen-bond donors (Lipinski definition) is 0. The Bertz CT molecular complexity index is 496. The van der Waals surface area contributed by atoms with Gasteiger partial charge >= 0.3 is 6.61 Å². The highest BCUT2D eigenvalue weighted by molar-refractivity contribution is 7.18. The molecule has 0 saturated heterocycles. The minimum atomic E-state index is -2.78. The van der Waals surface area contributed by atoms with Crippen LogP contribution in [0.4, 0.5) is 8.78 Å². The predicted octanol–water partition coefficient (Wildman–Crippen LogP) is 4.02. The number of ether oxygens (including phenoxy) is 1. The van der Waals surface area contributed by atoms with Gasteiger partial charge in [0.05, 0.1) is 15.2 Å². The van der Waals surface area contributed by atoms with Crippen LogP contribution in [-0.2, 0) is 0 Å². The van der Waals surface area contributed by atoms with Gasteiger partial charge in [0.15, 0.2) is 0 Å². The van der Waals surface area contributed by atoms with Gasteiger partial charge in [0.25, 0.3) is 0 Å². The second kappa shape index (κ2) is 4.33. The topological polar surface area (TPSA) is 22.1 Å². The molecule has 5 heteroatoms. The zero-order chi connectivity index (χ0) is 11.7. The first-order valence-electron chi connectivity index (χ1n) is 4.91. The van der Waals surface area contributed by atoms with Gasteiger partial charge in [-0.05, 0) is 18.2 Å². The number of fused-ring (bicyclic) bond motifs is 1. The van der Waals surface area contributed by atoms with Crippen molar-refractivity contribution in [1.82, 2.24) is 4.98 Å². The second-order valence-corrected chi connectivity index (χ2v) is 4.78. The molecule has 2 aromatic rings. The van der Waals surface area contributed by atoms with Gasteiger partial charge in [-0.25, -0.2) is 4.98 Å². The van der Waals surface area contributed by atoms with Crippen molar-refractivity contribution in [2.75, 3.05) is 0 Å². The van der Waals surface area contributed by atoms with Crippen LogP contribution >= 0.6 is 11.3 Å². The Balaban J connectivity index is 2.38. The van der Waals surface area contributed by atoms with Gasteiger partial charge in [-0.1, -0.05) is 13.8 Å². The number of alkyl halides is 2. The van der Waals surface area contributed by atoms with Crippen LogP contribution in [0.25, 0.3) is 10.2 Å². The van der Waals surface area contributed by atoms with Gasteiger partial charge in [-0.2, -0.15) is 8.78 Å². The number of halogens is 2. The van der Waals surface area contributed by atoms with Gasteiger partial charge in [0.1, 0.15) is 5.75 Å². The van der Waals surface area contributed by atoms with Crippen molar-refractivity contribution in [3.8, 4) is 5.75 Å². The summed E-state index contributed by atoms with van der Waals surface area (Å²) in [5, 5.41) is 1.00. The first kappa shape index (κ1) is 11.3. The summed E-state index contributed by atoms with van der Waals surface area (Å²) < 4.78 is 29.3. The predicted molar refractivity (Wildman–Crippen MR) is 60.3 cm³/mol. The number of nitrogens with zero attached hydrogens (tertiary/aromatic N) is 1. The summed E-state index contributed by atoms with van der Waals surface area (Å²) in [6.07, 6.45) is 0. The Hall–Kier alpha value is -1.23.